The predicted octanol–water partition coefficient (Wildman–Crippen LogP) is 2.26. The van der Waals surface area contributed by atoms with Crippen LogP contribution in [0.1, 0.15) is 59.3 Å². The number of nitrogens with zero attached hydrogens (tertiary/aromatic N) is 1. The molecule has 1 aromatic heterocycles. The summed E-state index contributed by atoms with van der Waals surface area (Å²) in [6.07, 6.45) is 7.67. The average Bonchev–Trinajstić information content (AvgIpc) is 2.96. The smallest absolute Gasteiger partial charge is 0.349 e. The minimum atomic E-state index is -0.805. The number of aliphatic hydroxyl groups excluding tert-OH is 1. The molecule has 0 saturated heterocycles. The lowest BCUT2D eigenvalue weighted by molar-refractivity contribution is 0.0606. The number of methoxy groups -OCH3 is 1. The second kappa shape index (κ2) is 7.15. The summed E-state index contributed by atoms with van der Waals surface area (Å²) in [6.45, 7) is 0. The highest BCUT2D eigenvalue weighted by atomic mass is 32.1. The van der Waals surface area contributed by atoms with Crippen molar-refractivity contribution in [2.24, 2.45) is 11.7 Å². The maximum Gasteiger partial charge on any atom is 0.349 e. The van der Waals surface area contributed by atoms with Crippen molar-refractivity contribution < 1.29 is 14.6 Å². The molecule has 5 nitrogen and oxygen atoms in total. The van der Waals surface area contributed by atoms with Crippen molar-refractivity contribution in [2.45, 2.75) is 50.7 Å². The van der Waals surface area contributed by atoms with Crippen molar-refractivity contribution >= 4 is 17.3 Å². The Morgan fingerprint density at radius 2 is 2.25 bits per heavy atom. The van der Waals surface area contributed by atoms with Crippen molar-refractivity contribution in [2.75, 3.05) is 7.11 Å². The Kier molecular flexibility index (Phi) is 5.51. The van der Waals surface area contributed by atoms with Gasteiger partial charge in [0.2, 0.25) is 0 Å². The van der Waals surface area contributed by atoms with E-state index < -0.39 is 12.1 Å². The molecule has 0 unspecified atom stereocenters. The Balaban J connectivity index is 1.93. The van der Waals surface area contributed by atoms with E-state index in [1.807, 2.05) is 0 Å². The zero-order chi connectivity index (χ0) is 14.5. The molecule has 6 heteroatoms. The molecule has 2 rings (SSSR count). The Morgan fingerprint density at radius 3 is 2.90 bits per heavy atom. The van der Waals surface area contributed by atoms with E-state index in [1.54, 1.807) is 0 Å². The summed E-state index contributed by atoms with van der Waals surface area (Å²) in [7, 11) is 1.33. The molecular weight excluding hydrogens is 276 g/mol. The van der Waals surface area contributed by atoms with Crippen LogP contribution in [0.5, 0.6) is 0 Å². The predicted molar refractivity (Wildman–Crippen MR) is 77.6 cm³/mol. The number of hydrogen-bond acceptors (Lipinski definition) is 6. The molecule has 3 N–H and O–H groups in total. The molecule has 2 atom stereocenters. The molecule has 1 aliphatic carbocycles. The number of nitrogens with two attached hydrogens (primary N) is 1. The molecule has 0 amide bonds. The molecule has 1 saturated carbocycles. The number of rotatable bonds is 5. The van der Waals surface area contributed by atoms with Gasteiger partial charge < -0.3 is 15.6 Å². The van der Waals surface area contributed by atoms with Crippen molar-refractivity contribution in [3.63, 3.8) is 0 Å². The molecule has 0 aromatic carbocycles. The molecule has 0 aliphatic heterocycles. The lowest BCUT2D eigenvalue weighted by Crippen LogP contribution is -2.31. The standard InChI is InChI=1S/C14H22N2O3S/c1-19-14(18)11-8-16-13(20-11)12(17)10(15)7-9-5-3-2-4-6-9/h8-10,12,17H,2-7,15H2,1H3/t10-,12+/m1/s1. The molecule has 1 fully saturated rings. The van der Waals surface area contributed by atoms with Crippen LogP contribution in [-0.4, -0.2) is 29.2 Å². The number of aliphatic hydroxyl groups is 1. The van der Waals surface area contributed by atoms with E-state index in [0.29, 0.717) is 15.8 Å². The van der Waals surface area contributed by atoms with Gasteiger partial charge in [-0.3, -0.25) is 0 Å². The van der Waals surface area contributed by atoms with Crippen LogP contribution in [0.15, 0.2) is 6.20 Å². The maximum atomic E-state index is 11.4. The van der Waals surface area contributed by atoms with Gasteiger partial charge in [-0.2, -0.15) is 0 Å². The Bertz CT molecular complexity index is 443. The van der Waals surface area contributed by atoms with E-state index in [2.05, 4.69) is 9.72 Å². The fourth-order valence-electron chi connectivity index (χ4n) is 2.74. The number of aromatic nitrogens is 1. The van der Waals surface area contributed by atoms with E-state index in [4.69, 9.17) is 5.73 Å². The average molecular weight is 298 g/mol. The van der Waals surface area contributed by atoms with Gasteiger partial charge in [-0.05, 0) is 12.3 Å². The fourth-order valence-corrected chi connectivity index (χ4v) is 3.64. The van der Waals surface area contributed by atoms with Gasteiger partial charge in [-0.1, -0.05) is 32.1 Å². The van der Waals surface area contributed by atoms with Crippen LogP contribution in [0.25, 0.3) is 0 Å². The van der Waals surface area contributed by atoms with Gasteiger partial charge in [0.25, 0.3) is 0 Å². The van der Waals surface area contributed by atoms with E-state index in [1.165, 1.54) is 45.4 Å². The van der Waals surface area contributed by atoms with E-state index in [0.717, 1.165) is 17.8 Å². The van der Waals surface area contributed by atoms with Gasteiger partial charge in [0.1, 0.15) is 16.0 Å². The molecular formula is C14H22N2O3S. The topological polar surface area (TPSA) is 85.4 Å². The molecule has 112 valence electrons. The number of ether oxygens (including phenoxy) is 1. The first-order valence-electron chi connectivity index (χ1n) is 7.09. The second-order valence-electron chi connectivity index (χ2n) is 5.40. The minimum Gasteiger partial charge on any atom is -0.465 e. The van der Waals surface area contributed by atoms with Crippen LogP contribution in [0, 0.1) is 5.92 Å². The monoisotopic (exact) mass is 298 g/mol. The summed E-state index contributed by atoms with van der Waals surface area (Å²) in [6, 6.07) is -0.324. The Hall–Kier alpha value is -0.980. The van der Waals surface area contributed by atoms with Gasteiger partial charge in [0.15, 0.2) is 0 Å². The SMILES string of the molecule is COC(=O)c1cnc([C@@H](O)[C@H](N)CC2CCCCC2)s1. The van der Waals surface area contributed by atoms with Gasteiger partial charge in [-0.25, -0.2) is 9.78 Å². The van der Waals surface area contributed by atoms with Crippen molar-refractivity contribution in [3.8, 4) is 0 Å². The summed E-state index contributed by atoms with van der Waals surface area (Å²) in [4.78, 5) is 15.9. The summed E-state index contributed by atoms with van der Waals surface area (Å²) in [5, 5.41) is 10.8. The maximum absolute atomic E-state index is 11.4. The lowest BCUT2D eigenvalue weighted by Gasteiger charge is -2.26. The van der Waals surface area contributed by atoms with E-state index in [-0.39, 0.29) is 6.04 Å². The fraction of sp³-hybridized carbons (Fsp3) is 0.714. The zero-order valence-corrected chi connectivity index (χ0v) is 12.6. The lowest BCUT2D eigenvalue weighted by atomic mass is 9.84. The highest BCUT2D eigenvalue weighted by Gasteiger charge is 2.25. The number of thiazole rings is 1. The van der Waals surface area contributed by atoms with Crippen molar-refractivity contribution in [1.82, 2.24) is 4.98 Å². The van der Waals surface area contributed by atoms with Gasteiger partial charge in [0.05, 0.1) is 13.3 Å². The van der Waals surface area contributed by atoms with E-state index >= 15 is 0 Å². The third kappa shape index (κ3) is 3.77. The van der Waals surface area contributed by atoms with Crippen LogP contribution in [0.3, 0.4) is 0 Å². The number of carbonyl (C=O) groups is 1. The first-order chi connectivity index (χ1) is 9.61. The van der Waals surface area contributed by atoms with Crippen LogP contribution < -0.4 is 5.73 Å². The van der Waals surface area contributed by atoms with Crippen LogP contribution in [0.2, 0.25) is 0 Å². The van der Waals surface area contributed by atoms with Crippen LogP contribution in [0.4, 0.5) is 0 Å². The highest BCUT2D eigenvalue weighted by Crippen LogP contribution is 2.31. The third-order valence-corrected chi connectivity index (χ3v) is 4.95. The zero-order valence-electron chi connectivity index (χ0n) is 11.7. The third-order valence-electron chi connectivity index (χ3n) is 3.90. The minimum absolute atomic E-state index is 0.324. The van der Waals surface area contributed by atoms with Crippen LogP contribution in [-0.2, 0) is 4.74 Å². The quantitative estimate of drug-likeness (QED) is 0.814. The summed E-state index contributed by atoms with van der Waals surface area (Å²) in [5.41, 5.74) is 6.10. The first-order valence-corrected chi connectivity index (χ1v) is 7.91. The number of carbonyl (C=O) groups excluding carboxylic acids is 1. The molecule has 1 aromatic rings. The largest absolute Gasteiger partial charge is 0.465 e. The van der Waals surface area contributed by atoms with Crippen LogP contribution >= 0.6 is 11.3 Å². The van der Waals surface area contributed by atoms with Gasteiger partial charge in [0, 0.05) is 6.04 Å². The van der Waals surface area contributed by atoms with Crippen molar-refractivity contribution in [1.29, 1.82) is 0 Å². The Labute approximate surface area is 123 Å². The van der Waals surface area contributed by atoms with Gasteiger partial charge in [-0.15, -0.1) is 11.3 Å². The summed E-state index contributed by atoms with van der Waals surface area (Å²) in [5.74, 6) is 0.176. The molecule has 1 heterocycles. The molecule has 20 heavy (non-hydrogen) atoms. The highest BCUT2D eigenvalue weighted by molar-refractivity contribution is 7.13. The number of esters is 1. The van der Waals surface area contributed by atoms with E-state index in [9.17, 15) is 9.90 Å². The Morgan fingerprint density at radius 1 is 1.55 bits per heavy atom. The molecule has 0 bridgehead atoms. The molecule has 1 aliphatic rings. The van der Waals surface area contributed by atoms with Gasteiger partial charge >= 0.3 is 5.97 Å². The summed E-state index contributed by atoms with van der Waals surface area (Å²) < 4.78 is 4.63. The second-order valence-corrected chi connectivity index (χ2v) is 6.46. The molecule has 0 radical (unpaired) electrons. The normalized spacial score (nSPS) is 19.6. The van der Waals surface area contributed by atoms with Crippen molar-refractivity contribution in [3.05, 3.63) is 16.1 Å². The number of hydrogen-bond donors (Lipinski definition) is 2. The molecule has 0 spiro atoms. The first kappa shape index (κ1) is 15.4. The summed E-state index contributed by atoms with van der Waals surface area (Å²) >= 11 is 1.15.